The summed E-state index contributed by atoms with van der Waals surface area (Å²) in [7, 11) is 1.88. The number of nitrogens with one attached hydrogen (secondary N) is 1. The van der Waals surface area contributed by atoms with Gasteiger partial charge in [-0.2, -0.15) is 5.10 Å². The van der Waals surface area contributed by atoms with Gasteiger partial charge in [-0.1, -0.05) is 17.7 Å². The Hall–Kier alpha value is -3.44. The van der Waals surface area contributed by atoms with E-state index in [2.05, 4.69) is 19.8 Å². The van der Waals surface area contributed by atoms with Gasteiger partial charge in [0.25, 0.3) is 0 Å². The van der Waals surface area contributed by atoms with Crippen LogP contribution in [0.1, 0.15) is 18.5 Å². The summed E-state index contributed by atoms with van der Waals surface area (Å²) >= 11 is 4.03. The summed E-state index contributed by atoms with van der Waals surface area (Å²) in [6.45, 7) is 0. The van der Waals surface area contributed by atoms with Crippen LogP contribution < -0.4 is 4.72 Å². The summed E-state index contributed by atoms with van der Waals surface area (Å²) in [5.41, 5.74) is 4.91. The molecule has 0 bridgehead atoms. The Kier molecular flexibility index (Phi) is 5.26. The molecule has 1 unspecified atom stereocenters. The van der Waals surface area contributed by atoms with Crippen LogP contribution in [0.15, 0.2) is 67.4 Å². The fourth-order valence-electron chi connectivity index (χ4n) is 4.26. The summed E-state index contributed by atoms with van der Waals surface area (Å²) < 4.78 is 29.3. The molecule has 176 valence electrons. The molecule has 35 heavy (non-hydrogen) atoms. The van der Waals surface area contributed by atoms with Gasteiger partial charge < -0.3 is 4.55 Å². The average molecular weight is 505 g/mol. The quantitative estimate of drug-likeness (QED) is 0.351. The maximum Gasteiger partial charge on any atom is 0.139 e. The predicted octanol–water partition coefficient (Wildman–Crippen LogP) is 3.91. The minimum atomic E-state index is -2.42. The number of hydrogen-bond acceptors (Lipinski definition) is 6. The van der Waals surface area contributed by atoms with Crippen LogP contribution in [0.5, 0.6) is 0 Å². The molecule has 9 nitrogen and oxygen atoms in total. The van der Waals surface area contributed by atoms with Gasteiger partial charge in [-0.05, 0) is 54.8 Å². The van der Waals surface area contributed by atoms with Crippen LogP contribution in [-0.2, 0) is 23.9 Å². The van der Waals surface area contributed by atoms with Gasteiger partial charge in [0.15, 0.2) is 0 Å². The van der Waals surface area contributed by atoms with E-state index in [0.29, 0.717) is 35.1 Å². The van der Waals surface area contributed by atoms with Crippen LogP contribution in [0.2, 0.25) is 5.02 Å². The summed E-state index contributed by atoms with van der Waals surface area (Å²) in [5.74, 6) is 0.598. The van der Waals surface area contributed by atoms with Crippen molar-refractivity contribution in [3.63, 3.8) is 0 Å². The highest BCUT2D eigenvalue weighted by atomic mass is 35.5. The fourth-order valence-corrected chi connectivity index (χ4v) is 5.12. The van der Waals surface area contributed by atoms with Gasteiger partial charge in [-0.3, -0.25) is 18.4 Å². The average Bonchev–Trinajstić information content (AvgIpc) is 3.29. The van der Waals surface area contributed by atoms with Crippen LogP contribution >= 0.6 is 11.6 Å². The molecular formula is C24H19ClN7O2S-. The lowest BCUT2D eigenvalue weighted by Gasteiger charge is -2.20. The van der Waals surface area contributed by atoms with Gasteiger partial charge >= 0.3 is 0 Å². The zero-order valence-electron chi connectivity index (χ0n) is 18.6. The minimum Gasteiger partial charge on any atom is -0.760 e. The lowest BCUT2D eigenvalue weighted by Crippen LogP contribution is -2.31. The van der Waals surface area contributed by atoms with Crippen molar-refractivity contribution in [3.8, 4) is 28.2 Å². The summed E-state index contributed by atoms with van der Waals surface area (Å²) in [6.07, 6.45) is 8.47. The van der Waals surface area contributed by atoms with Crippen molar-refractivity contribution in [1.29, 1.82) is 0 Å². The Morgan fingerprint density at radius 1 is 1.11 bits per heavy atom. The van der Waals surface area contributed by atoms with Crippen LogP contribution in [0.3, 0.4) is 0 Å². The Bertz CT molecular complexity index is 1610. The molecule has 1 saturated carbocycles. The molecular weight excluding hydrogens is 486 g/mol. The SMILES string of the molecule is Cn1cc(-c2ccc3c(c2)ncn3-c2cc(-c3ncccc3Cl)cc(C3(NS(=O)[O-])CC3)n2)cn1. The van der Waals surface area contributed by atoms with Crippen LogP contribution in [-0.4, -0.2) is 38.1 Å². The number of nitrogens with zero attached hydrogens (tertiary/aromatic N) is 6. The van der Waals surface area contributed by atoms with Crippen molar-refractivity contribution in [2.24, 2.45) is 7.05 Å². The maximum absolute atomic E-state index is 11.5. The number of imidazole rings is 1. The lowest BCUT2D eigenvalue weighted by atomic mass is 10.1. The predicted molar refractivity (Wildman–Crippen MR) is 132 cm³/mol. The third-order valence-electron chi connectivity index (χ3n) is 6.20. The lowest BCUT2D eigenvalue weighted by molar-refractivity contribution is 0.498. The first-order chi connectivity index (χ1) is 16.9. The Labute approximate surface area is 208 Å². The Balaban J connectivity index is 1.50. The van der Waals surface area contributed by atoms with Crippen molar-refractivity contribution in [2.45, 2.75) is 18.4 Å². The largest absolute Gasteiger partial charge is 0.760 e. The maximum atomic E-state index is 11.5. The second kappa shape index (κ2) is 8.35. The van der Waals surface area contributed by atoms with Crippen molar-refractivity contribution < 1.29 is 8.76 Å². The monoisotopic (exact) mass is 504 g/mol. The second-order valence-corrected chi connectivity index (χ2v) is 9.65. The topological polar surface area (TPSA) is 114 Å². The van der Waals surface area contributed by atoms with Gasteiger partial charge in [0, 0.05) is 41.8 Å². The number of rotatable bonds is 6. The molecule has 1 aromatic carbocycles. The number of benzene rings is 1. The highest BCUT2D eigenvalue weighted by Gasteiger charge is 2.46. The number of fused-ring (bicyclic) bond motifs is 1. The molecule has 1 aliphatic carbocycles. The van der Waals surface area contributed by atoms with Crippen LogP contribution in [0.4, 0.5) is 0 Å². The van der Waals surface area contributed by atoms with Crippen LogP contribution in [0.25, 0.3) is 39.2 Å². The molecule has 1 fully saturated rings. The van der Waals surface area contributed by atoms with Gasteiger partial charge in [0.2, 0.25) is 0 Å². The first-order valence-electron chi connectivity index (χ1n) is 10.9. The Morgan fingerprint density at radius 3 is 2.69 bits per heavy atom. The summed E-state index contributed by atoms with van der Waals surface area (Å²) in [4.78, 5) is 13.9. The molecule has 1 aliphatic rings. The normalized spacial score (nSPS) is 15.4. The smallest absolute Gasteiger partial charge is 0.139 e. The molecule has 1 N–H and O–H groups in total. The van der Waals surface area contributed by atoms with E-state index in [1.54, 1.807) is 29.3 Å². The first kappa shape index (κ1) is 22.1. The van der Waals surface area contributed by atoms with Gasteiger partial charge in [0.1, 0.15) is 12.1 Å². The van der Waals surface area contributed by atoms with E-state index < -0.39 is 16.8 Å². The molecule has 4 aromatic heterocycles. The van der Waals surface area contributed by atoms with Crippen molar-refractivity contribution in [1.82, 2.24) is 34.0 Å². The number of hydrogen-bond donors (Lipinski definition) is 1. The van der Waals surface area contributed by atoms with Gasteiger partial charge in [-0.25, -0.2) is 14.7 Å². The highest BCUT2D eigenvalue weighted by Crippen LogP contribution is 2.46. The molecule has 0 radical (unpaired) electrons. The van der Waals surface area contributed by atoms with E-state index >= 15 is 0 Å². The molecule has 5 aromatic rings. The first-order valence-corrected chi connectivity index (χ1v) is 12.3. The molecule has 6 rings (SSSR count). The van der Waals surface area contributed by atoms with Crippen molar-refractivity contribution in [2.75, 3.05) is 0 Å². The summed E-state index contributed by atoms with van der Waals surface area (Å²) in [5, 5.41) is 4.74. The minimum absolute atomic E-state index is 0.498. The zero-order chi connectivity index (χ0) is 24.2. The fraction of sp³-hybridized carbons (Fsp3) is 0.167. The zero-order valence-corrected chi connectivity index (χ0v) is 20.1. The van der Waals surface area contributed by atoms with Gasteiger partial charge in [0.05, 0.1) is 39.2 Å². The van der Waals surface area contributed by atoms with E-state index in [4.69, 9.17) is 16.6 Å². The highest BCUT2D eigenvalue weighted by molar-refractivity contribution is 7.77. The molecule has 4 heterocycles. The number of halogens is 1. The van der Waals surface area contributed by atoms with Crippen LogP contribution in [0, 0.1) is 0 Å². The standard InChI is InChI=1S/C24H20ClN7O2S/c1-31-13-17(12-28-31)15-4-5-20-19(9-15)27-14-32(20)22-11-16(23-18(25)3-2-8-26-23)10-21(29-22)24(6-7-24)30-35(33)34/h2-5,8-14,30H,6-7H2,1H3,(H,33,34)/p-1. The molecule has 0 saturated heterocycles. The molecule has 0 spiro atoms. The van der Waals surface area contributed by atoms with Crippen molar-refractivity contribution >= 4 is 33.9 Å². The third kappa shape index (κ3) is 4.04. The van der Waals surface area contributed by atoms with Crippen molar-refractivity contribution in [3.05, 3.63) is 78.1 Å². The molecule has 11 heteroatoms. The number of pyridine rings is 2. The number of aromatic nitrogens is 6. The second-order valence-electron chi connectivity index (χ2n) is 8.57. The molecule has 0 aliphatic heterocycles. The van der Waals surface area contributed by atoms with E-state index in [0.717, 1.165) is 27.7 Å². The molecule has 0 amide bonds. The van der Waals surface area contributed by atoms with E-state index in [1.807, 2.05) is 54.3 Å². The molecule has 1 atom stereocenters. The van der Waals surface area contributed by atoms with E-state index in [9.17, 15) is 8.76 Å². The van der Waals surface area contributed by atoms with Gasteiger partial charge in [-0.15, -0.1) is 0 Å². The van der Waals surface area contributed by atoms with E-state index in [1.165, 1.54) is 0 Å². The summed E-state index contributed by atoms with van der Waals surface area (Å²) in [6, 6.07) is 13.3. The Morgan fingerprint density at radius 2 is 1.97 bits per heavy atom. The third-order valence-corrected chi connectivity index (χ3v) is 7.06. The van der Waals surface area contributed by atoms with E-state index in [-0.39, 0.29) is 0 Å². The number of aryl methyl sites for hydroxylation is 1.